The molecule has 29 heavy (non-hydrogen) atoms. The fourth-order valence-corrected chi connectivity index (χ4v) is 3.22. The van der Waals surface area contributed by atoms with Crippen LogP contribution < -0.4 is 10.2 Å². The molecule has 2 rings (SSSR count). The Morgan fingerprint density at radius 2 is 1.76 bits per heavy atom. The second-order valence-electron chi connectivity index (χ2n) is 5.93. The fraction of sp³-hybridized carbons (Fsp3) is 0.200. The van der Waals surface area contributed by atoms with E-state index in [9.17, 15) is 20.2 Å². The van der Waals surface area contributed by atoms with E-state index in [2.05, 4.69) is 24.1 Å². The minimum atomic E-state index is -0.724. The molecule has 0 aliphatic rings. The summed E-state index contributed by atoms with van der Waals surface area (Å²) in [6.45, 7) is 5.86. The number of carbonyl (C=O) groups is 1. The fourth-order valence-electron chi connectivity index (χ4n) is 2.65. The lowest BCUT2D eigenvalue weighted by molar-refractivity contribution is -0.384. The van der Waals surface area contributed by atoms with Crippen LogP contribution in [-0.4, -0.2) is 23.9 Å². The molecular weight excluding hydrogens is 415 g/mol. The monoisotopic (exact) mass is 432 g/mol. The van der Waals surface area contributed by atoms with Crippen LogP contribution >= 0.6 is 23.2 Å². The van der Waals surface area contributed by atoms with Gasteiger partial charge in [-0.1, -0.05) is 35.3 Å². The SMILES string of the molecule is CCN(CC)c1ccc(/C=C(\C#N)C(=O)Nc2c(Cl)cc([N+](=O)[O-])cc2Cl)cc1. The number of nitrogens with one attached hydrogen (secondary N) is 1. The number of amides is 1. The largest absolute Gasteiger partial charge is 0.372 e. The zero-order chi connectivity index (χ0) is 21.6. The second kappa shape index (κ2) is 9.92. The average Bonchev–Trinajstić information content (AvgIpc) is 2.70. The Balaban J connectivity index is 2.25. The Labute approximate surface area is 178 Å². The van der Waals surface area contributed by atoms with Gasteiger partial charge in [-0.2, -0.15) is 5.26 Å². The lowest BCUT2D eigenvalue weighted by atomic mass is 10.1. The summed E-state index contributed by atoms with van der Waals surface area (Å²) in [4.78, 5) is 24.8. The number of hydrogen-bond donors (Lipinski definition) is 1. The first-order valence-electron chi connectivity index (χ1n) is 8.72. The number of halogens is 2. The number of nitriles is 1. The van der Waals surface area contributed by atoms with Gasteiger partial charge in [0.1, 0.15) is 11.6 Å². The molecule has 1 amide bonds. The van der Waals surface area contributed by atoms with Crippen LogP contribution in [0.3, 0.4) is 0 Å². The predicted molar refractivity (Wildman–Crippen MR) is 115 cm³/mol. The van der Waals surface area contributed by atoms with Crippen molar-refractivity contribution in [3.63, 3.8) is 0 Å². The van der Waals surface area contributed by atoms with Crippen molar-refractivity contribution < 1.29 is 9.72 Å². The van der Waals surface area contributed by atoms with Gasteiger partial charge in [0.05, 0.1) is 20.7 Å². The molecule has 0 fully saturated rings. The minimum Gasteiger partial charge on any atom is -0.372 e. The van der Waals surface area contributed by atoms with Gasteiger partial charge >= 0.3 is 0 Å². The lowest BCUT2D eigenvalue weighted by Gasteiger charge is -2.20. The van der Waals surface area contributed by atoms with Crippen LogP contribution in [-0.2, 0) is 4.79 Å². The predicted octanol–water partition coefficient (Wildman–Crippen LogP) is 5.29. The normalized spacial score (nSPS) is 10.9. The number of non-ortho nitro benzene ring substituents is 1. The number of benzene rings is 2. The molecule has 0 unspecified atom stereocenters. The first-order valence-corrected chi connectivity index (χ1v) is 9.47. The van der Waals surface area contributed by atoms with E-state index in [4.69, 9.17) is 23.2 Å². The van der Waals surface area contributed by atoms with Crippen molar-refractivity contribution in [1.29, 1.82) is 5.26 Å². The van der Waals surface area contributed by atoms with E-state index in [1.807, 2.05) is 30.3 Å². The van der Waals surface area contributed by atoms with Crippen molar-refractivity contribution >= 4 is 52.2 Å². The van der Waals surface area contributed by atoms with Crippen molar-refractivity contribution in [2.24, 2.45) is 0 Å². The zero-order valence-electron chi connectivity index (χ0n) is 15.8. The summed E-state index contributed by atoms with van der Waals surface area (Å²) in [7, 11) is 0. The van der Waals surface area contributed by atoms with Crippen LogP contribution in [0.2, 0.25) is 10.0 Å². The topological polar surface area (TPSA) is 99.3 Å². The number of carbonyl (C=O) groups excluding carboxylic acids is 1. The summed E-state index contributed by atoms with van der Waals surface area (Å²) < 4.78 is 0. The molecule has 1 N–H and O–H groups in total. The van der Waals surface area contributed by atoms with E-state index in [-0.39, 0.29) is 27.0 Å². The van der Waals surface area contributed by atoms with Crippen LogP contribution in [0.15, 0.2) is 42.0 Å². The molecule has 0 atom stereocenters. The third-order valence-electron chi connectivity index (χ3n) is 4.17. The maximum Gasteiger partial charge on any atom is 0.272 e. The lowest BCUT2D eigenvalue weighted by Crippen LogP contribution is -2.21. The second-order valence-corrected chi connectivity index (χ2v) is 6.74. The standard InChI is InChI=1S/C20H18Cl2N4O3/c1-3-25(4-2)15-7-5-13(6-8-15)9-14(12-23)20(27)24-19-17(21)10-16(26(28)29)11-18(19)22/h5-11H,3-4H2,1-2H3,(H,24,27)/b14-9+. The molecule has 0 aliphatic carbocycles. The Kier molecular flexibility index (Phi) is 7.59. The summed E-state index contributed by atoms with van der Waals surface area (Å²) in [6, 6.07) is 11.4. The molecular formula is C20H18Cl2N4O3. The molecule has 0 bridgehead atoms. The molecule has 2 aromatic rings. The summed E-state index contributed by atoms with van der Waals surface area (Å²) >= 11 is 12.0. The van der Waals surface area contributed by atoms with Gasteiger partial charge in [-0.05, 0) is 37.6 Å². The summed E-state index contributed by atoms with van der Waals surface area (Å²) in [6.07, 6.45) is 1.44. The molecule has 7 nitrogen and oxygen atoms in total. The molecule has 150 valence electrons. The molecule has 0 saturated heterocycles. The highest BCUT2D eigenvalue weighted by Crippen LogP contribution is 2.35. The van der Waals surface area contributed by atoms with Gasteiger partial charge in [0.15, 0.2) is 0 Å². The highest BCUT2D eigenvalue weighted by molar-refractivity contribution is 6.40. The quantitative estimate of drug-likeness (QED) is 0.277. The van der Waals surface area contributed by atoms with Crippen molar-refractivity contribution in [3.8, 4) is 6.07 Å². The van der Waals surface area contributed by atoms with Crippen LogP contribution in [0.1, 0.15) is 19.4 Å². The van der Waals surface area contributed by atoms with E-state index in [0.717, 1.165) is 30.9 Å². The third-order valence-corrected chi connectivity index (χ3v) is 4.77. The molecule has 9 heteroatoms. The average molecular weight is 433 g/mol. The molecule has 0 heterocycles. The van der Waals surface area contributed by atoms with Crippen LogP contribution in [0.5, 0.6) is 0 Å². The van der Waals surface area contributed by atoms with Crippen molar-refractivity contribution in [2.75, 3.05) is 23.3 Å². The minimum absolute atomic E-state index is 0.00182. The highest BCUT2D eigenvalue weighted by atomic mass is 35.5. The van der Waals surface area contributed by atoms with Gasteiger partial charge in [0.2, 0.25) is 0 Å². The van der Waals surface area contributed by atoms with Gasteiger partial charge in [0, 0.05) is 30.9 Å². The molecule has 0 radical (unpaired) electrons. The summed E-state index contributed by atoms with van der Waals surface area (Å²) in [5, 5.41) is 22.5. The molecule has 0 aliphatic heterocycles. The van der Waals surface area contributed by atoms with E-state index in [1.54, 1.807) is 0 Å². The van der Waals surface area contributed by atoms with E-state index < -0.39 is 10.8 Å². The smallest absolute Gasteiger partial charge is 0.272 e. The Bertz CT molecular complexity index is 971. The number of anilines is 2. The number of nitro benzene ring substituents is 1. The number of nitrogens with zero attached hydrogens (tertiary/aromatic N) is 3. The number of rotatable bonds is 7. The maximum atomic E-state index is 12.5. The van der Waals surface area contributed by atoms with Gasteiger partial charge in [-0.3, -0.25) is 14.9 Å². The van der Waals surface area contributed by atoms with Crippen molar-refractivity contribution in [1.82, 2.24) is 0 Å². The zero-order valence-corrected chi connectivity index (χ0v) is 17.3. The number of nitro groups is 1. The van der Waals surface area contributed by atoms with Gasteiger partial charge in [0.25, 0.3) is 11.6 Å². The van der Waals surface area contributed by atoms with Crippen molar-refractivity contribution in [2.45, 2.75) is 13.8 Å². The Morgan fingerprint density at radius 3 is 2.21 bits per heavy atom. The molecule has 0 aromatic heterocycles. The third kappa shape index (κ3) is 5.47. The number of hydrogen-bond acceptors (Lipinski definition) is 5. The summed E-state index contributed by atoms with van der Waals surface area (Å²) in [5.41, 5.74) is 1.25. The van der Waals surface area contributed by atoms with Gasteiger partial charge in [-0.25, -0.2) is 0 Å². The molecule has 0 spiro atoms. The molecule has 2 aromatic carbocycles. The van der Waals surface area contributed by atoms with Gasteiger partial charge < -0.3 is 10.2 Å². The van der Waals surface area contributed by atoms with E-state index in [1.165, 1.54) is 6.08 Å². The summed E-state index contributed by atoms with van der Waals surface area (Å²) in [5.74, 6) is -0.724. The first kappa shape index (κ1) is 22.2. The van der Waals surface area contributed by atoms with Crippen LogP contribution in [0.4, 0.5) is 17.1 Å². The van der Waals surface area contributed by atoms with Crippen LogP contribution in [0.25, 0.3) is 6.08 Å². The highest BCUT2D eigenvalue weighted by Gasteiger charge is 2.18. The van der Waals surface area contributed by atoms with Crippen molar-refractivity contribution in [3.05, 3.63) is 67.7 Å². The Hall–Kier alpha value is -3.08. The molecule has 0 saturated carbocycles. The maximum absolute atomic E-state index is 12.5. The van der Waals surface area contributed by atoms with E-state index >= 15 is 0 Å². The van der Waals surface area contributed by atoms with Gasteiger partial charge in [-0.15, -0.1) is 0 Å². The Morgan fingerprint density at radius 1 is 1.21 bits per heavy atom. The first-order chi connectivity index (χ1) is 13.8. The van der Waals surface area contributed by atoms with E-state index in [0.29, 0.717) is 5.56 Å². The van der Waals surface area contributed by atoms with Crippen LogP contribution in [0, 0.1) is 21.4 Å².